The molecule has 1 unspecified atom stereocenters. The molecule has 0 saturated carbocycles. The van der Waals surface area contributed by atoms with Crippen LogP contribution in [-0.2, 0) is 16.0 Å². The minimum Gasteiger partial charge on any atom is -0.496 e. The summed E-state index contributed by atoms with van der Waals surface area (Å²) in [5.74, 6) is 0.383. The zero-order valence-corrected chi connectivity index (χ0v) is 18.0. The van der Waals surface area contributed by atoms with Gasteiger partial charge in [-0.3, -0.25) is 9.59 Å². The number of amides is 2. The minimum absolute atomic E-state index is 0.0285. The van der Waals surface area contributed by atoms with E-state index < -0.39 is 11.3 Å². The van der Waals surface area contributed by atoms with Crippen LogP contribution in [0.5, 0.6) is 11.5 Å². The van der Waals surface area contributed by atoms with Crippen LogP contribution >= 0.6 is 0 Å². The number of aryl methyl sites for hydroxylation is 1. The zero-order chi connectivity index (χ0) is 22.4. The summed E-state index contributed by atoms with van der Waals surface area (Å²) in [6, 6.07) is 11.5. The molecule has 0 aromatic heterocycles. The molecule has 2 N–H and O–H groups in total. The molecule has 1 fully saturated rings. The number of carbonyl (C=O) groups is 2. The van der Waals surface area contributed by atoms with Gasteiger partial charge in [-0.05, 0) is 50.1 Å². The molecule has 0 spiro atoms. The van der Waals surface area contributed by atoms with Crippen molar-refractivity contribution in [3.63, 3.8) is 0 Å². The number of piperidine rings is 1. The molecule has 1 heterocycles. The van der Waals surface area contributed by atoms with E-state index in [0.717, 1.165) is 17.5 Å². The highest BCUT2D eigenvalue weighted by molar-refractivity contribution is 5.80. The number of rotatable bonds is 8. The molecule has 0 radical (unpaired) electrons. The van der Waals surface area contributed by atoms with E-state index in [4.69, 9.17) is 15.2 Å². The van der Waals surface area contributed by atoms with Crippen LogP contribution in [-0.4, -0.2) is 43.5 Å². The van der Waals surface area contributed by atoms with E-state index in [1.54, 1.807) is 24.1 Å². The Hall–Kier alpha value is -3.09. The summed E-state index contributed by atoms with van der Waals surface area (Å²) < 4.78 is 24.4. The zero-order valence-electron chi connectivity index (χ0n) is 18.0. The van der Waals surface area contributed by atoms with E-state index in [1.165, 1.54) is 12.1 Å². The van der Waals surface area contributed by atoms with Crippen LogP contribution in [0.3, 0.4) is 0 Å². The summed E-state index contributed by atoms with van der Waals surface area (Å²) in [7, 11) is 1.59. The predicted octanol–water partition coefficient (Wildman–Crippen LogP) is 3.25. The summed E-state index contributed by atoms with van der Waals surface area (Å²) in [6.45, 7) is 3.19. The van der Waals surface area contributed by atoms with Crippen LogP contribution in [0.2, 0.25) is 0 Å². The standard InChI is InChI=1S/C24H29FN2O4/c1-17-4-9-21(30-2)18(12-17)13-23(29)27-11-3-10-24(15-27,14-22(26)28)16-31-20-7-5-19(25)6-8-20/h4-9,12H,3,10-11,13-16H2,1-2H3,(H2,26,28). The Morgan fingerprint density at radius 3 is 2.61 bits per heavy atom. The Kier molecular flexibility index (Phi) is 7.15. The molecular formula is C24H29FN2O4. The van der Waals surface area contributed by atoms with Crippen molar-refractivity contribution in [2.75, 3.05) is 26.8 Å². The van der Waals surface area contributed by atoms with Gasteiger partial charge in [0.2, 0.25) is 11.8 Å². The van der Waals surface area contributed by atoms with Gasteiger partial charge in [0.15, 0.2) is 0 Å². The van der Waals surface area contributed by atoms with Gasteiger partial charge >= 0.3 is 0 Å². The third-order valence-corrected chi connectivity index (χ3v) is 5.70. The summed E-state index contributed by atoms with van der Waals surface area (Å²) >= 11 is 0. The molecule has 6 nitrogen and oxygen atoms in total. The van der Waals surface area contributed by atoms with Gasteiger partial charge in [0, 0.05) is 30.5 Å². The van der Waals surface area contributed by atoms with Gasteiger partial charge in [-0.25, -0.2) is 4.39 Å². The summed E-state index contributed by atoms with van der Waals surface area (Å²) in [4.78, 5) is 26.7. The lowest BCUT2D eigenvalue weighted by atomic mass is 9.77. The van der Waals surface area contributed by atoms with Crippen LogP contribution in [0.4, 0.5) is 4.39 Å². The maximum absolute atomic E-state index is 13.2. The van der Waals surface area contributed by atoms with E-state index in [2.05, 4.69) is 0 Å². The lowest BCUT2D eigenvalue weighted by molar-refractivity contribution is -0.136. The Labute approximate surface area is 182 Å². The number of hydrogen-bond donors (Lipinski definition) is 1. The number of ether oxygens (including phenoxy) is 2. The maximum atomic E-state index is 13.2. The van der Waals surface area contributed by atoms with Crippen LogP contribution in [0.1, 0.15) is 30.4 Å². The van der Waals surface area contributed by atoms with E-state index in [0.29, 0.717) is 31.0 Å². The summed E-state index contributed by atoms with van der Waals surface area (Å²) in [5.41, 5.74) is 6.84. The minimum atomic E-state index is -0.579. The number of benzene rings is 2. The molecule has 2 aromatic rings. The molecule has 7 heteroatoms. The Bertz CT molecular complexity index is 932. The van der Waals surface area contributed by atoms with E-state index in [9.17, 15) is 14.0 Å². The largest absolute Gasteiger partial charge is 0.496 e. The van der Waals surface area contributed by atoms with Gasteiger partial charge in [-0.2, -0.15) is 0 Å². The Morgan fingerprint density at radius 2 is 1.94 bits per heavy atom. The van der Waals surface area contributed by atoms with E-state index in [1.807, 2.05) is 25.1 Å². The SMILES string of the molecule is COc1ccc(C)cc1CC(=O)N1CCCC(COc2ccc(F)cc2)(CC(N)=O)C1. The molecule has 1 atom stereocenters. The number of nitrogens with two attached hydrogens (primary N) is 1. The van der Waals surface area contributed by atoms with Gasteiger partial charge in [-0.15, -0.1) is 0 Å². The first-order valence-electron chi connectivity index (χ1n) is 10.4. The van der Waals surface area contributed by atoms with Gasteiger partial charge in [-0.1, -0.05) is 17.7 Å². The highest BCUT2D eigenvalue weighted by atomic mass is 19.1. The fourth-order valence-electron chi connectivity index (χ4n) is 4.19. The second-order valence-electron chi connectivity index (χ2n) is 8.30. The van der Waals surface area contributed by atoms with Crippen molar-refractivity contribution >= 4 is 11.8 Å². The molecule has 2 aromatic carbocycles. The Morgan fingerprint density at radius 1 is 1.19 bits per heavy atom. The molecular weight excluding hydrogens is 399 g/mol. The van der Waals surface area contributed by atoms with Gasteiger partial charge in [0.1, 0.15) is 17.3 Å². The van der Waals surface area contributed by atoms with Crippen molar-refractivity contribution in [3.05, 3.63) is 59.4 Å². The first-order chi connectivity index (χ1) is 14.8. The van der Waals surface area contributed by atoms with Crippen LogP contribution in [0.15, 0.2) is 42.5 Å². The molecule has 0 bridgehead atoms. The molecule has 1 aliphatic rings. The number of likely N-dealkylation sites (tertiary alicyclic amines) is 1. The number of carbonyl (C=O) groups excluding carboxylic acids is 2. The van der Waals surface area contributed by atoms with Crippen molar-refractivity contribution in [2.24, 2.45) is 11.1 Å². The summed E-state index contributed by atoms with van der Waals surface area (Å²) in [6.07, 6.45) is 1.80. The monoisotopic (exact) mass is 428 g/mol. The van der Waals surface area contributed by atoms with E-state index >= 15 is 0 Å². The average Bonchev–Trinajstić information content (AvgIpc) is 2.73. The van der Waals surface area contributed by atoms with Crippen LogP contribution in [0, 0.1) is 18.2 Å². The van der Waals surface area contributed by atoms with Crippen molar-refractivity contribution < 1.29 is 23.5 Å². The molecule has 166 valence electrons. The van der Waals surface area contributed by atoms with Crippen LogP contribution in [0.25, 0.3) is 0 Å². The lowest BCUT2D eigenvalue weighted by Crippen LogP contribution is -2.50. The van der Waals surface area contributed by atoms with Crippen molar-refractivity contribution in [1.82, 2.24) is 4.90 Å². The maximum Gasteiger partial charge on any atom is 0.227 e. The lowest BCUT2D eigenvalue weighted by Gasteiger charge is -2.42. The first kappa shape index (κ1) is 22.6. The topological polar surface area (TPSA) is 81.9 Å². The number of halogens is 1. The highest BCUT2D eigenvalue weighted by Crippen LogP contribution is 2.35. The normalized spacial score (nSPS) is 18.5. The quantitative estimate of drug-likeness (QED) is 0.700. The third-order valence-electron chi connectivity index (χ3n) is 5.70. The van der Waals surface area contributed by atoms with Crippen molar-refractivity contribution in [3.8, 4) is 11.5 Å². The Balaban J connectivity index is 1.73. The number of methoxy groups -OCH3 is 1. The first-order valence-corrected chi connectivity index (χ1v) is 10.4. The molecule has 31 heavy (non-hydrogen) atoms. The average molecular weight is 429 g/mol. The summed E-state index contributed by atoms with van der Waals surface area (Å²) in [5, 5.41) is 0. The second kappa shape index (κ2) is 9.81. The number of hydrogen-bond acceptors (Lipinski definition) is 4. The molecule has 1 saturated heterocycles. The fraction of sp³-hybridized carbons (Fsp3) is 0.417. The van der Waals surface area contributed by atoms with Crippen molar-refractivity contribution in [1.29, 1.82) is 0 Å². The van der Waals surface area contributed by atoms with Crippen molar-refractivity contribution in [2.45, 2.75) is 32.6 Å². The molecule has 0 aliphatic carbocycles. The highest BCUT2D eigenvalue weighted by Gasteiger charge is 2.39. The second-order valence-corrected chi connectivity index (χ2v) is 8.30. The molecule has 2 amide bonds. The predicted molar refractivity (Wildman–Crippen MR) is 115 cm³/mol. The van der Waals surface area contributed by atoms with Gasteiger partial charge in [0.25, 0.3) is 0 Å². The van der Waals surface area contributed by atoms with Gasteiger partial charge in [0.05, 0.1) is 20.1 Å². The van der Waals surface area contributed by atoms with Crippen LogP contribution < -0.4 is 15.2 Å². The third kappa shape index (κ3) is 5.96. The number of primary amides is 1. The molecule has 1 aliphatic heterocycles. The number of nitrogens with zero attached hydrogens (tertiary/aromatic N) is 1. The van der Waals surface area contributed by atoms with E-state index in [-0.39, 0.29) is 31.2 Å². The van der Waals surface area contributed by atoms with Gasteiger partial charge < -0.3 is 20.1 Å². The fourth-order valence-corrected chi connectivity index (χ4v) is 4.19. The molecule has 3 rings (SSSR count). The smallest absolute Gasteiger partial charge is 0.227 e.